The number of nitrogens with zero attached hydrogens (tertiary/aromatic N) is 2. The smallest absolute Gasteiger partial charge is 0.347 e. The number of aromatic nitrogens is 1. The van der Waals surface area contributed by atoms with E-state index in [-0.39, 0.29) is 23.0 Å². The van der Waals surface area contributed by atoms with E-state index < -0.39 is 16.6 Å². The topological polar surface area (TPSA) is 68.1 Å². The highest BCUT2D eigenvalue weighted by Crippen LogP contribution is 2.51. The zero-order chi connectivity index (χ0) is 12.0. The van der Waals surface area contributed by atoms with Crippen LogP contribution in [-0.4, -0.2) is 21.6 Å². The van der Waals surface area contributed by atoms with Gasteiger partial charge < -0.3 is 5.32 Å². The zero-order valence-corrected chi connectivity index (χ0v) is 8.56. The molecule has 1 aliphatic rings. The van der Waals surface area contributed by atoms with Crippen molar-refractivity contribution in [3.63, 3.8) is 0 Å². The van der Waals surface area contributed by atoms with Crippen molar-refractivity contribution in [2.45, 2.75) is 24.6 Å². The third kappa shape index (κ3) is 1.82. The molecule has 1 saturated carbocycles. The Morgan fingerprint density at radius 2 is 2.19 bits per heavy atom. The molecule has 1 aromatic rings. The van der Waals surface area contributed by atoms with Crippen molar-refractivity contribution in [2.75, 3.05) is 5.32 Å². The Morgan fingerprint density at radius 1 is 1.56 bits per heavy atom. The Labute approximate surface area is 91.4 Å². The minimum Gasteiger partial charge on any atom is -0.347 e. The van der Waals surface area contributed by atoms with Crippen LogP contribution in [0.4, 0.5) is 23.3 Å². The van der Waals surface area contributed by atoms with Crippen LogP contribution < -0.4 is 5.32 Å². The summed E-state index contributed by atoms with van der Waals surface area (Å²) >= 11 is 0.603. The van der Waals surface area contributed by atoms with Crippen molar-refractivity contribution in [1.82, 2.24) is 4.98 Å². The second-order valence-electron chi connectivity index (χ2n) is 3.47. The van der Waals surface area contributed by atoms with Gasteiger partial charge in [-0.05, 0) is 24.2 Å². The Balaban J connectivity index is 2.13. The average molecular weight is 253 g/mol. The number of thiazole rings is 1. The normalized spacial score (nSPS) is 18.2. The van der Waals surface area contributed by atoms with Crippen LogP contribution in [0.2, 0.25) is 0 Å². The number of nitrogens with one attached hydrogen (secondary N) is 1. The van der Waals surface area contributed by atoms with Crippen LogP contribution >= 0.6 is 11.3 Å². The number of nitro groups is 1. The molecule has 0 unspecified atom stereocenters. The summed E-state index contributed by atoms with van der Waals surface area (Å²) in [7, 11) is 0. The lowest BCUT2D eigenvalue weighted by atomic mass is 10.3. The minimum atomic E-state index is -4.35. The number of rotatable bonds is 3. The molecule has 1 N–H and O–H groups in total. The van der Waals surface area contributed by atoms with Gasteiger partial charge in [0.05, 0.1) is 4.92 Å². The van der Waals surface area contributed by atoms with Crippen LogP contribution in [0.5, 0.6) is 0 Å². The number of halogens is 3. The maximum Gasteiger partial charge on any atom is 0.411 e. The molecule has 0 bridgehead atoms. The van der Waals surface area contributed by atoms with Crippen molar-refractivity contribution in [3.05, 3.63) is 16.3 Å². The Bertz CT molecular complexity index is 427. The van der Waals surface area contributed by atoms with Crippen LogP contribution in [-0.2, 0) is 0 Å². The van der Waals surface area contributed by atoms with E-state index in [0.29, 0.717) is 11.3 Å². The lowest BCUT2D eigenvalue weighted by Gasteiger charge is -2.19. The fraction of sp³-hybridized carbons (Fsp3) is 0.571. The summed E-state index contributed by atoms with van der Waals surface area (Å²) in [6, 6.07) is 0. The molecule has 0 saturated heterocycles. The average Bonchev–Trinajstić information content (AvgIpc) is 2.76. The standard InChI is InChI=1S/C7H6F3N3O2S/c8-7(9,10)6(1-2-6)12-5-11-3-4(16-5)13(14)15/h3H,1-2H2,(H,11,12). The van der Waals surface area contributed by atoms with E-state index in [4.69, 9.17) is 0 Å². The molecule has 1 fully saturated rings. The van der Waals surface area contributed by atoms with E-state index in [1.54, 1.807) is 0 Å². The molecule has 0 aliphatic heterocycles. The second kappa shape index (κ2) is 3.30. The van der Waals surface area contributed by atoms with Gasteiger partial charge in [-0.15, -0.1) is 0 Å². The minimum absolute atomic E-state index is 0.0239. The van der Waals surface area contributed by atoms with Gasteiger partial charge in [0.1, 0.15) is 11.7 Å². The summed E-state index contributed by atoms with van der Waals surface area (Å²) in [6.45, 7) is 0. The third-order valence-corrected chi connectivity index (χ3v) is 3.18. The molecule has 0 radical (unpaired) electrons. The Hall–Kier alpha value is -1.38. The third-order valence-electron chi connectivity index (χ3n) is 2.31. The summed E-state index contributed by atoms with van der Waals surface area (Å²) in [4.78, 5) is 13.2. The van der Waals surface area contributed by atoms with Crippen LogP contribution in [0.15, 0.2) is 6.20 Å². The molecule has 0 aromatic carbocycles. The molecule has 1 aromatic heterocycles. The quantitative estimate of drug-likeness (QED) is 0.664. The molecule has 2 rings (SSSR count). The summed E-state index contributed by atoms with van der Waals surface area (Å²) in [6.07, 6.45) is -3.46. The van der Waals surface area contributed by atoms with Gasteiger partial charge in [-0.2, -0.15) is 13.2 Å². The summed E-state index contributed by atoms with van der Waals surface area (Å²) in [5, 5.41) is 12.2. The molecule has 9 heteroatoms. The fourth-order valence-electron chi connectivity index (χ4n) is 1.22. The van der Waals surface area contributed by atoms with Gasteiger partial charge in [0.15, 0.2) is 5.13 Å². The van der Waals surface area contributed by atoms with Crippen molar-refractivity contribution in [2.24, 2.45) is 0 Å². The molecule has 88 valence electrons. The monoisotopic (exact) mass is 253 g/mol. The second-order valence-corrected chi connectivity index (χ2v) is 4.47. The molecular formula is C7H6F3N3O2S. The van der Waals surface area contributed by atoms with Gasteiger partial charge in [0.2, 0.25) is 0 Å². The van der Waals surface area contributed by atoms with Crippen LogP contribution in [0.25, 0.3) is 0 Å². The van der Waals surface area contributed by atoms with Crippen LogP contribution in [0, 0.1) is 10.1 Å². The predicted molar refractivity (Wildman–Crippen MR) is 50.4 cm³/mol. The zero-order valence-electron chi connectivity index (χ0n) is 7.74. The number of hydrogen-bond donors (Lipinski definition) is 1. The van der Waals surface area contributed by atoms with Gasteiger partial charge in [0, 0.05) is 0 Å². The molecule has 16 heavy (non-hydrogen) atoms. The first kappa shape index (κ1) is 11.1. The van der Waals surface area contributed by atoms with Crippen LogP contribution in [0.3, 0.4) is 0 Å². The number of hydrogen-bond acceptors (Lipinski definition) is 5. The van der Waals surface area contributed by atoms with E-state index in [1.807, 2.05) is 0 Å². The van der Waals surface area contributed by atoms with Crippen LogP contribution in [0.1, 0.15) is 12.8 Å². The van der Waals surface area contributed by atoms with Gasteiger partial charge >= 0.3 is 11.2 Å². The van der Waals surface area contributed by atoms with E-state index >= 15 is 0 Å². The molecule has 0 spiro atoms. The highest BCUT2D eigenvalue weighted by Gasteiger charge is 2.64. The summed E-state index contributed by atoms with van der Waals surface area (Å²) < 4.78 is 37.6. The fourth-order valence-corrected chi connectivity index (χ4v) is 1.95. The largest absolute Gasteiger partial charge is 0.411 e. The van der Waals surface area contributed by atoms with Crippen molar-refractivity contribution >= 4 is 21.5 Å². The lowest BCUT2D eigenvalue weighted by Crippen LogP contribution is -2.38. The molecule has 1 heterocycles. The number of alkyl halides is 3. The van der Waals surface area contributed by atoms with E-state index in [2.05, 4.69) is 10.3 Å². The molecule has 0 atom stereocenters. The summed E-state index contributed by atoms with van der Waals surface area (Å²) in [5.74, 6) is 0. The molecule has 5 nitrogen and oxygen atoms in total. The SMILES string of the molecule is O=[N+]([O-])c1cnc(NC2(C(F)(F)F)CC2)s1. The predicted octanol–water partition coefficient (Wildman–Crippen LogP) is 2.56. The van der Waals surface area contributed by atoms with E-state index in [0.717, 1.165) is 6.20 Å². The van der Waals surface area contributed by atoms with Crippen molar-refractivity contribution < 1.29 is 18.1 Å². The highest BCUT2D eigenvalue weighted by atomic mass is 32.1. The first-order valence-corrected chi connectivity index (χ1v) is 5.11. The number of anilines is 1. The van der Waals surface area contributed by atoms with E-state index in [1.165, 1.54) is 0 Å². The maximum absolute atomic E-state index is 12.5. The van der Waals surface area contributed by atoms with Gasteiger partial charge in [-0.3, -0.25) is 10.1 Å². The van der Waals surface area contributed by atoms with E-state index in [9.17, 15) is 23.3 Å². The van der Waals surface area contributed by atoms with Crippen molar-refractivity contribution in [1.29, 1.82) is 0 Å². The molecule has 0 amide bonds. The lowest BCUT2D eigenvalue weighted by molar-refractivity contribution is -0.380. The first-order chi connectivity index (χ1) is 7.34. The van der Waals surface area contributed by atoms with Gasteiger partial charge in [0.25, 0.3) is 0 Å². The first-order valence-electron chi connectivity index (χ1n) is 4.29. The Kier molecular flexibility index (Phi) is 2.30. The Morgan fingerprint density at radius 3 is 2.56 bits per heavy atom. The molecular weight excluding hydrogens is 247 g/mol. The molecule has 1 aliphatic carbocycles. The summed E-state index contributed by atoms with van der Waals surface area (Å²) in [5.41, 5.74) is -1.93. The van der Waals surface area contributed by atoms with Gasteiger partial charge in [-0.25, -0.2) is 4.98 Å². The maximum atomic E-state index is 12.5. The van der Waals surface area contributed by atoms with Crippen molar-refractivity contribution in [3.8, 4) is 0 Å². The highest BCUT2D eigenvalue weighted by molar-refractivity contribution is 7.18. The van der Waals surface area contributed by atoms with Gasteiger partial charge in [-0.1, -0.05) is 0 Å².